The first-order valence-electron chi connectivity index (χ1n) is 6.97. The van der Waals surface area contributed by atoms with Crippen LogP contribution in [0, 0.1) is 5.92 Å². The lowest BCUT2D eigenvalue weighted by molar-refractivity contribution is -0.126. The Hall–Kier alpha value is -1.10. The van der Waals surface area contributed by atoms with Crippen LogP contribution >= 0.6 is 11.6 Å². The molecule has 1 fully saturated rings. The molecule has 2 unspecified atom stereocenters. The summed E-state index contributed by atoms with van der Waals surface area (Å²) in [6, 6.07) is 7.53. The van der Waals surface area contributed by atoms with Gasteiger partial charge < -0.3 is 15.4 Å². The molecule has 4 nitrogen and oxygen atoms in total. The molecular formula is C15H21ClN2O2. The van der Waals surface area contributed by atoms with E-state index < -0.39 is 0 Å². The molecule has 0 aromatic heterocycles. The van der Waals surface area contributed by atoms with E-state index in [1.54, 1.807) is 7.11 Å². The summed E-state index contributed by atoms with van der Waals surface area (Å²) in [7, 11) is 1.64. The molecule has 0 saturated carbocycles. The standard InChI is InChI=1S/C15H21ClN2O2/c1-20-14(11-4-2-6-13(16)8-11)10-18-15(19)12-5-3-7-17-9-12/h2,4,6,8,12,14,17H,3,5,7,9-10H2,1H3,(H,18,19). The van der Waals surface area contributed by atoms with Crippen LogP contribution in [0.4, 0.5) is 0 Å². The number of carbonyl (C=O) groups excluding carboxylic acids is 1. The summed E-state index contributed by atoms with van der Waals surface area (Å²) in [5, 5.41) is 6.89. The maximum Gasteiger partial charge on any atom is 0.224 e. The van der Waals surface area contributed by atoms with E-state index in [9.17, 15) is 4.79 Å². The van der Waals surface area contributed by atoms with Crippen molar-refractivity contribution in [2.45, 2.75) is 18.9 Å². The first-order valence-corrected chi connectivity index (χ1v) is 7.35. The Bertz CT molecular complexity index is 447. The van der Waals surface area contributed by atoms with Gasteiger partial charge >= 0.3 is 0 Å². The number of hydrogen-bond donors (Lipinski definition) is 2. The average molecular weight is 297 g/mol. The van der Waals surface area contributed by atoms with Crippen molar-refractivity contribution in [1.82, 2.24) is 10.6 Å². The third kappa shape index (κ3) is 4.20. The van der Waals surface area contributed by atoms with Crippen molar-refractivity contribution in [2.24, 2.45) is 5.92 Å². The Kier molecular flexibility index (Phi) is 5.83. The molecule has 1 aromatic rings. The van der Waals surface area contributed by atoms with Gasteiger partial charge in [-0.15, -0.1) is 0 Å². The molecular weight excluding hydrogens is 276 g/mol. The van der Waals surface area contributed by atoms with E-state index in [1.165, 1.54) is 0 Å². The fraction of sp³-hybridized carbons (Fsp3) is 0.533. The highest BCUT2D eigenvalue weighted by Crippen LogP contribution is 2.20. The number of rotatable bonds is 5. The summed E-state index contributed by atoms with van der Waals surface area (Å²) < 4.78 is 5.44. The normalized spacial score (nSPS) is 20.4. The number of nitrogens with one attached hydrogen (secondary N) is 2. The molecule has 2 N–H and O–H groups in total. The summed E-state index contributed by atoms with van der Waals surface area (Å²) in [6.45, 7) is 2.24. The zero-order valence-corrected chi connectivity index (χ0v) is 12.5. The maximum absolute atomic E-state index is 12.1. The van der Waals surface area contributed by atoms with E-state index in [0.717, 1.165) is 31.5 Å². The van der Waals surface area contributed by atoms with Gasteiger partial charge in [-0.2, -0.15) is 0 Å². The molecule has 20 heavy (non-hydrogen) atoms. The van der Waals surface area contributed by atoms with Crippen molar-refractivity contribution in [3.63, 3.8) is 0 Å². The third-order valence-electron chi connectivity index (χ3n) is 3.63. The minimum absolute atomic E-state index is 0.0700. The Morgan fingerprint density at radius 2 is 2.45 bits per heavy atom. The molecule has 2 rings (SSSR count). The van der Waals surface area contributed by atoms with Gasteiger partial charge in [0.1, 0.15) is 0 Å². The molecule has 0 radical (unpaired) electrons. The van der Waals surface area contributed by atoms with Crippen LogP contribution < -0.4 is 10.6 Å². The molecule has 2 atom stereocenters. The second-order valence-corrected chi connectivity index (χ2v) is 5.50. The number of halogens is 1. The number of ether oxygens (including phenoxy) is 1. The zero-order valence-electron chi connectivity index (χ0n) is 11.7. The lowest BCUT2D eigenvalue weighted by Gasteiger charge is -2.23. The Labute approximate surface area is 124 Å². The van der Waals surface area contributed by atoms with Crippen molar-refractivity contribution < 1.29 is 9.53 Å². The molecule has 1 aromatic carbocycles. The zero-order chi connectivity index (χ0) is 14.4. The van der Waals surface area contributed by atoms with Gasteiger partial charge in [0.15, 0.2) is 0 Å². The highest BCUT2D eigenvalue weighted by Gasteiger charge is 2.21. The van der Waals surface area contributed by atoms with Gasteiger partial charge in [0, 0.05) is 25.2 Å². The van der Waals surface area contributed by atoms with E-state index in [-0.39, 0.29) is 17.9 Å². The summed E-state index contributed by atoms with van der Waals surface area (Å²) in [6.07, 6.45) is 1.84. The molecule has 1 saturated heterocycles. The Morgan fingerprint density at radius 3 is 3.10 bits per heavy atom. The number of piperidine rings is 1. The number of hydrogen-bond acceptors (Lipinski definition) is 3. The number of amides is 1. The molecule has 0 bridgehead atoms. The summed E-state index contributed by atoms with van der Waals surface area (Å²) in [5.74, 6) is 0.168. The van der Waals surface area contributed by atoms with Crippen LogP contribution in [-0.4, -0.2) is 32.7 Å². The van der Waals surface area contributed by atoms with Crippen molar-refractivity contribution in [2.75, 3.05) is 26.7 Å². The molecule has 0 spiro atoms. The monoisotopic (exact) mass is 296 g/mol. The number of carbonyl (C=O) groups is 1. The largest absolute Gasteiger partial charge is 0.375 e. The van der Waals surface area contributed by atoms with Crippen LogP contribution in [0.2, 0.25) is 5.02 Å². The molecule has 110 valence electrons. The smallest absolute Gasteiger partial charge is 0.224 e. The molecule has 5 heteroatoms. The van der Waals surface area contributed by atoms with E-state index in [2.05, 4.69) is 10.6 Å². The van der Waals surface area contributed by atoms with Gasteiger partial charge in [0.05, 0.1) is 12.0 Å². The summed E-state index contributed by atoms with van der Waals surface area (Å²) in [4.78, 5) is 12.1. The number of benzene rings is 1. The van der Waals surface area contributed by atoms with E-state index >= 15 is 0 Å². The topological polar surface area (TPSA) is 50.4 Å². The summed E-state index contributed by atoms with van der Waals surface area (Å²) >= 11 is 5.98. The molecule has 0 aliphatic carbocycles. The van der Waals surface area contributed by atoms with E-state index in [4.69, 9.17) is 16.3 Å². The van der Waals surface area contributed by atoms with Crippen molar-refractivity contribution in [3.8, 4) is 0 Å². The third-order valence-corrected chi connectivity index (χ3v) is 3.87. The second kappa shape index (κ2) is 7.62. The van der Waals surface area contributed by atoms with Crippen LogP contribution in [-0.2, 0) is 9.53 Å². The van der Waals surface area contributed by atoms with Gasteiger partial charge in [-0.3, -0.25) is 4.79 Å². The van der Waals surface area contributed by atoms with E-state index in [0.29, 0.717) is 11.6 Å². The predicted octanol–water partition coefficient (Wildman–Crippen LogP) is 2.14. The SMILES string of the molecule is COC(CNC(=O)C1CCCNC1)c1cccc(Cl)c1. The molecule has 1 heterocycles. The van der Waals surface area contributed by atoms with Crippen molar-refractivity contribution in [1.29, 1.82) is 0 Å². The highest BCUT2D eigenvalue weighted by molar-refractivity contribution is 6.30. The van der Waals surface area contributed by atoms with Gasteiger partial charge in [-0.25, -0.2) is 0 Å². The van der Waals surface area contributed by atoms with Gasteiger partial charge in [-0.05, 0) is 37.1 Å². The lowest BCUT2D eigenvalue weighted by Crippen LogP contribution is -2.41. The predicted molar refractivity (Wildman–Crippen MR) is 79.8 cm³/mol. The minimum Gasteiger partial charge on any atom is -0.375 e. The molecule has 1 aliphatic rings. The number of methoxy groups -OCH3 is 1. The highest BCUT2D eigenvalue weighted by atomic mass is 35.5. The van der Waals surface area contributed by atoms with Crippen molar-refractivity contribution >= 4 is 17.5 Å². The van der Waals surface area contributed by atoms with Crippen LogP contribution in [0.1, 0.15) is 24.5 Å². The average Bonchev–Trinajstić information content (AvgIpc) is 2.48. The first kappa shape index (κ1) is 15.3. The molecule has 1 amide bonds. The maximum atomic E-state index is 12.1. The van der Waals surface area contributed by atoms with Crippen molar-refractivity contribution in [3.05, 3.63) is 34.9 Å². The van der Waals surface area contributed by atoms with Gasteiger partial charge in [0.25, 0.3) is 0 Å². The first-order chi connectivity index (χ1) is 9.70. The van der Waals surface area contributed by atoms with Crippen LogP contribution in [0.25, 0.3) is 0 Å². The Morgan fingerprint density at radius 1 is 1.60 bits per heavy atom. The van der Waals surface area contributed by atoms with Gasteiger partial charge in [0.2, 0.25) is 5.91 Å². The van der Waals surface area contributed by atoms with Gasteiger partial charge in [-0.1, -0.05) is 23.7 Å². The second-order valence-electron chi connectivity index (χ2n) is 5.07. The minimum atomic E-state index is -0.172. The lowest BCUT2D eigenvalue weighted by atomic mass is 9.98. The fourth-order valence-corrected chi connectivity index (χ4v) is 2.66. The van der Waals surface area contributed by atoms with E-state index in [1.807, 2.05) is 24.3 Å². The van der Waals surface area contributed by atoms with Crippen LogP contribution in [0.3, 0.4) is 0 Å². The fourth-order valence-electron chi connectivity index (χ4n) is 2.46. The summed E-state index contributed by atoms with van der Waals surface area (Å²) in [5.41, 5.74) is 0.974. The molecule has 1 aliphatic heterocycles. The quantitative estimate of drug-likeness (QED) is 0.875. The van der Waals surface area contributed by atoms with Crippen LogP contribution in [0.5, 0.6) is 0 Å². The van der Waals surface area contributed by atoms with Crippen LogP contribution in [0.15, 0.2) is 24.3 Å². The Balaban J connectivity index is 1.88.